The lowest BCUT2D eigenvalue weighted by Gasteiger charge is -2.18. The molecule has 0 aliphatic carbocycles. The molecule has 0 radical (unpaired) electrons. The normalized spacial score (nSPS) is 12.2. The van der Waals surface area contributed by atoms with Crippen LogP contribution in [0.3, 0.4) is 0 Å². The van der Waals surface area contributed by atoms with Crippen molar-refractivity contribution in [3.8, 4) is 22.8 Å². The largest absolute Gasteiger partial charge is 0.486 e. The van der Waals surface area contributed by atoms with Gasteiger partial charge in [-0.05, 0) is 60.7 Å². The number of urea groups is 1. The van der Waals surface area contributed by atoms with Gasteiger partial charge in [0.25, 0.3) is 0 Å². The molecule has 1 aliphatic rings. The summed E-state index contributed by atoms with van der Waals surface area (Å²) in [6.07, 6.45) is 0. The van der Waals surface area contributed by atoms with Crippen LogP contribution in [-0.4, -0.2) is 30.2 Å². The number of nitrogens with one attached hydrogen (secondary N) is 2. The molecule has 5 rings (SSSR count). The second kappa shape index (κ2) is 10.1. The third-order valence-electron chi connectivity index (χ3n) is 5.40. The van der Waals surface area contributed by atoms with E-state index in [0.717, 1.165) is 5.56 Å². The molecule has 1 aliphatic heterocycles. The second-order valence-electron chi connectivity index (χ2n) is 7.87. The molecule has 0 atom stereocenters. The van der Waals surface area contributed by atoms with Gasteiger partial charge in [-0.2, -0.15) is 0 Å². The van der Waals surface area contributed by atoms with Gasteiger partial charge in [0, 0.05) is 27.8 Å². The van der Waals surface area contributed by atoms with Crippen molar-refractivity contribution in [1.29, 1.82) is 0 Å². The molecule has 0 fully saturated rings. The number of carbonyl (C=O) groups excluding carboxylic acids is 2. The fourth-order valence-corrected chi connectivity index (χ4v) is 3.81. The van der Waals surface area contributed by atoms with Crippen molar-refractivity contribution in [2.24, 2.45) is 0 Å². The number of hydrogen-bond donors (Lipinski definition) is 2. The van der Waals surface area contributed by atoms with E-state index in [2.05, 4.69) is 15.8 Å². The third kappa shape index (κ3) is 5.16. The van der Waals surface area contributed by atoms with Gasteiger partial charge in [0.15, 0.2) is 23.0 Å². The van der Waals surface area contributed by atoms with Gasteiger partial charge in [0.05, 0.1) is 12.2 Å². The maximum atomic E-state index is 13.2. The lowest BCUT2D eigenvalue weighted by molar-refractivity contribution is 0.103. The van der Waals surface area contributed by atoms with Crippen LogP contribution < -0.4 is 20.1 Å². The fourth-order valence-electron chi connectivity index (χ4n) is 3.64. The number of nitrogens with zero attached hydrogens (tertiary/aromatic N) is 1. The highest BCUT2D eigenvalue weighted by Crippen LogP contribution is 2.34. The molecule has 3 aromatic carbocycles. The highest BCUT2D eigenvalue weighted by Gasteiger charge is 2.18. The molecule has 0 unspecified atom stereocenters. The van der Waals surface area contributed by atoms with E-state index >= 15 is 0 Å². The van der Waals surface area contributed by atoms with Crippen molar-refractivity contribution in [3.05, 3.63) is 94.4 Å². The van der Waals surface area contributed by atoms with Crippen molar-refractivity contribution in [3.63, 3.8) is 0 Å². The molecule has 0 saturated carbocycles. The number of hydrogen-bond acceptors (Lipinski definition) is 6. The zero-order valence-electron chi connectivity index (χ0n) is 18.7. The Balaban J connectivity index is 1.25. The van der Waals surface area contributed by atoms with Crippen molar-refractivity contribution in [2.45, 2.75) is 6.54 Å². The Morgan fingerprint density at radius 2 is 1.72 bits per heavy atom. The maximum Gasteiger partial charge on any atom is 0.319 e. The monoisotopic (exact) mass is 507 g/mol. The lowest BCUT2D eigenvalue weighted by Crippen LogP contribution is -2.29. The van der Waals surface area contributed by atoms with Crippen LogP contribution >= 0.6 is 11.6 Å². The van der Waals surface area contributed by atoms with Gasteiger partial charge < -0.3 is 24.6 Å². The average Bonchev–Trinajstić information content (AvgIpc) is 3.37. The molecule has 2 heterocycles. The number of rotatable bonds is 6. The van der Waals surface area contributed by atoms with E-state index in [-0.39, 0.29) is 23.4 Å². The molecular formula is C26H19ClFN3O5. The molecule has 36 heavy (non-hydrogen) atoms. The number of anilines is 1. The predicted octanol–water partition coefficient (Wildman–Crippen LogP) is 5.46. The molecule has 182 valence electrons. The zero-order chi connectivity index (χ0) is 25.1. The van der Waals surface area contributed by atoms with Crippen molar-refractivity contribution in [1.82, 2.24) is 10.5 Å². The van der Waals surface area contributed by atoms with E-state index in [0.29, 0.717) is 41.2 Å². The van der Waals surface area contributed by atoms with Crippen LogP contribution in [0, 0.1) is 5.82 Å². The van der Waals surface area contributed by atoms with Crippen LogP contribution in [0.15, 0.2) is 71.3 Å². The summed E-state index contributed by atoms with van der Waals surface area (Å²) in [5.41, 5.74) is 1.94. The first-order chi connectivity index (χ1) is 17.5. The van der Waals surface area contributed by atoms with Gasteiger partial charge in [0.1, 0.15) is 24.7 Å². The minimum atomic E-state index is -0.561. The first kappa shape index (κ1) is 23.4. The van der Waals surface area contributed by atoms with Gasteiger partial charge in [-0.25, -0.2) is 9.18 Å². The maximum absolute atomic E-state index is 13.2. The van der Waals surface area contributed by atoms with E-state index in [9.17, 15) is 14.0 Å². The highest BCUT2D eigenvalue weighted by molar-refractivity contribution is 6.31. The zero-order valence-corrected chi connectivity index (χ0v) is 19.5. The number of ether oxygens (including phenoxy) is 2. The van der Waals surface area contributed by atoms with Gasteiger partial charge in [-0.3, -0.25) is 4.79 Å². The van der Waals surface area contributed by atoms with E-state index in [1.165, 1.54) is 36.4 Å². The molecule has 2 N–H and O–H groups in total. The van der Waals surface area contributed by atoms with Gasteiger partial charge >= 0.3 is 6.03 Å². The topological polar surface area (TPSA) is 103 Å². The van der Waals surface area contributed by atoms with Crippen molar-refractivity contribution in [2.75, 3.05) is 18.5 Å². The van der Waals surface area contributed by atoms with Crippen LogP contribution in [0.25, 0.3) is 11.3 Å². The van der Waals surface area contributed by atoms with E-state index in [1.54, 1.807) is 24.3 Å². The fraction of sp³-hybridized carbons (Fsp3) is 0.115. The third-order valence-corrected chi connectivity index (χ3v) is 5.63. The Bertz CT molecular complexity index is 1440. The second-order valence-corrected chi connectivity index (χ2v) is 8.31. The summed E-state index contributed by atoms with van der Waals surface area (Å²) < 4.78 is 29.8. The van der Waals surface area contributed by atoms with Crippen LogP contribution in [0.4, 0.5) is 14.9 Å². The summed E-state index contributed by atoms with van der Waals surface area (Å²) in [5.74, 6) is 0.938. The average molecular weight is 508 g/mol. The number of aromatic nitrogens is 1. The van der Waals surface area contributed by atoms with Gasteiger partial charge in [-0.1, -0.05) is 16.8 Å². The number of amides is 2. The number of benzene rings is 3. The molecule has 1 aromatic heterocycles. The van der Waals surface area contributed by atoms with E-state index in [4.69, 9.17) is 25.6 Å². The lowest BCUT2D eigenvalue weighted by atomic mass is 10.0. The minimum Gasteiger partial charge on any atom is -0.486 e. The Labute approximate surface area is 210 Å². The smallest absolute Gasteiger partial charge is 0.319 e. The summed E-state index contributed by atoms with van der Waals surface area (Å²) in [6.45, 7) is 1.06. The summed E-state index contributed by atoms with van der Waals surface area (Å²) in [7, 11) is 0. The number of ketones is 1. The SMILES string of the molecule is O=C(NCc1cc(-c2ccc3c(c2)OCCO3)on1)Nc1ccc(Cl)cc1C(=O)c1ccc(F)cc1. The first-order valence-corrected chi connectivity index (χ1v) is 11.3. The van der Waals surface area contributed by atoms with Crippen molar-refractivity contribution >= 4 is 29.1 Å². The molecular weight excluding hydrogens is 489 g/mol. The first-order valence-electron chi connectivity index (χ1n) is 11.0. The Morgan fingerprint density at radius 3 is 2.53 bits per heavy atom. The summed E-state index contributed by atoms with van der Waals surface area (Å²) in [6, 6.07) is 16.2. The highest BCUT2D eigenvalue weighted by atomic mass is 35.5. The summed E-state index contributed by atoms with van der Waals surface area (Å²) in [5, 5.41) is 9.65. The van der Waals surface area contributed by atoms with E-state index < -0.39 is 17.6 Å². The van der Waals surface area contributed by atoms with Crippen LogP contribution in [0.5, 0.6) is 11.5 Å². The summed E-state index contributed by atoms with van der Waals surface area (Å²) >= 11 is 6.07. The molecule has 2 amide bonds. The summed E-state index contributed by atoms with van der Waals surface area (Å²) in [4.78, 5) is 25.5. The molecule has 0 saturated heterocycles. The molecule has 4 aromatic rings. The molecule has 10 heteroatoms. The van der Waals surface area contributed by atoms with Crippen LogP contribution in [0.2, 0.25) is 5.02 Å². The van der Waals surface area contributed by atoms with Crippen LogP contribution in [-0.2, 0) is 6.54 Å². The number of carbonyl (C=O) groups is 2. The predicted molar refractivity (Wildman–Crippen MR) is 130 cm³/mol. The standard InChI is InChI=1S/C26H19ClFN3O5/c27-17-4-7-21(20(12-17)25(32)15-1-5-18(28)6-2-15)30-26(33)29-14-19-13-23(36-31-19)16-3-8-22-24(11-16)35-10-9-34-22/h1-8,11-13H,9-10,14H2,(H2,29,30,33). The van der Waals surface area contributed by atoms with Crippen LogP contribution in [0.1, 0.15) is 21.6 Å². The van der Waals surface area contributed by atoms with Gasteiger partial charge in [0.2, 0.25) is 0 Å². The molecule has 0 spiro atoms. The van der Waals surface area contributed by atoms with E-state index in [1.807, 2.05) is 6.07 Å². The quantitative estimate of drug-likeness (QED) is 0.336. The Hall–Kier alpha value is -4.37. The number of halogens is 2. The van der Waals surface area contributed by atoms with Crippen molar-refractivity contribution < 1.29 is 28.0 Å². The minimum absolute atomic E-state index is 0.0781. The molecule has 8 nitrogen and oxygen atoms in total. The Morgan fingerprint density at radius 1 is 0.944 bits per heavy atom. The Kier molecular flexibility index (Phi) is 6.55. The molecule has 0 bridgehead atoms. The number of fused-ring (bicyclic) bond motifs is 1. The van der Waals surface area contributed by atoms with Gasteiger partial charge in [-0.15, -0.1) is 0 Å².